The Morgan fingerprint density at radius 2 is 1.96 bits per heavy atom. The molecular formula is C19H14ClN3OS. The molecule has 4 aromatic rings. The summed E-state index contributed by atoms with van der Waals surface area (Å²) in [5, 5.41) is 2.59. The number of fused-ring (bicyclic) bond motifs is 2. The molecule has 1 aromatic carbocycles. The zero-order chi connectivity index (χ0) is 17.4. The van der Waals surface area contributed by atoms with E-state index in [9.17, 15) is 4.79 Å². The van der Waals surface area contributed by atoms with Crippen LogP contribution in [-0.2, 0) is 5.75 Å². The number of aryl methyl sites for hydroxylation is 1. The lowest BCUT2D eigenvalue weighted by molar-refractivity contribution is 1.01. The summed E-state index contributed by atoms with van der Waals surface area (Å²) < 4.78 is 1.45. The predicted octanol–water partition coefficient (Wildman–Crippen LogP) is 4.50. The lowest BCUT2D eigenvalue weighted by Crippen LogP contribution is -2.15. The fourth-order valence-electron chi connectivity index (χ4n) is 2.74. The largest absolute Gasteiger partial charge is 0.269 e. The standard InChI is InChI=1S/C19H14ClN3OS/c1-12-8-18(22-16-5-3-2-4-15(12)16)25-11-14-9-19(24)23-10-13(20)6-7-17(23)21-14/h2-10H,11H2,1H3. The summed E-state index contributed by atoms with van der Waals surface area (Å²) in [6, 6.07) is 15.2. The second-order valence-corrected chi connectivity index (χ2v) is 7.18. The molecular weight excluding hydrogens is 354 g/mol. The van der Waals surface area contributed by atoms with Crippen LogP contribution in [0.4, 0.5) is 0 Å². The van der Waals surface area contributed by atoms with Crippen LogP contribution >= 0.6 is 23.4 Å². The molecule has 0 saturated heterocycles. The molecule has 124 valence electrons. The minimum Gasteiger partial charge on any atom is -0.269 e. The van der Waals surface area contributed by atoms with Gasteiger partial charge in [-0.1, -0.05) is 41.6 Å². The van der Waals surface area contributed by atoms with E-state index in [1.54, 1.807) is 36.2 Å². The van der Waals surface area contributed by atoms with E-state index in [2.05, 4.69) is 29.0 Å². The summed E-state index contributed by atoms with van der Waals surface area (Å²) >= 11 is 7.51. The van der Waals surface area contributed by atoms with Crippen molar-refractivity contribution in [3.63, 3.8) is 0 Å². The molecule has 4 nitrogen and oxygen atoms in total. The van der Waals surface area contributed by atoms with E-state index in [1.807, 2.05) is 18.2 Å². The van der Waals surface area contributed by atoms with Gasteiger partial charge in [-0.3, -0.25) is 9.20 Å². The fourth-order valence-corrected chi connectivity index (χ4v) is 3.77. The number of pyridine rings is 2. The molecule has 4 rings (SSSR count). The van der Waals surface area contributed by atoms with Gasteiger partial charge in [-0.25, -0.2) is 9.97 Å². The Hall–Kier alpha value is -2.37. The first-order chi connectivity index (χ1) is 12.1. The second-order valence-electron chi connectivity index (χ2n) is 5.74. The van der Waals surface area contributed by atoms with E-state index in [0.29, 0.717) is 16.4 Å². The summed E-state index contributed by atoms with van der Waals surface area (Å²) in [5.74, 6) is 0.582. The van der Waals surface area contributed by atoms with Gasteiger partial charge in [-0.15, -0.1) is 0 Å². The zero-order valence-electron chi connectivity index (χ0n) is 13.4. The molecule has 6 heteroatoms. The number of hydrogen-bond acceptors (Lipinski definition) is 4. The van der Waals surface area contributed by atoms with Crippen molar-refractivity contribution in [3.8, 4) is 0 Å². The van der Waals surface area contributed by atoms with E-state index in [-0.39, 0.29) is 5.56 Å². The summed E-state index contributed by atoms with van der Waals surface area (Å²) in [6.45, 7) is 2.08. The molecule has 0 radical (unpaired) electrons. The molecule has 0 amide bonds. The van der Waals surface area contributed by atoms with Crippen molar-refractivity contribution in [1.82, 2.24) is 14.4 Å². The van der Waals surface area contributed by atoms with E-state index < -0.39 is 0 Å². The first kappa shape index (κ1) is 16.1. The zero-order valence-corrected chi connectivity index (χ0v) is 15.0. The minimum atomic E-state index is -0.134. The van der Waals surface area contributed by atoms with Gasteiger partial charge in [0.2, 0.25) is 0 Å². The van der Waals surface area contributed by atoms with Crippen molar-refractivity contribution in [2.45, 2.75) is 17.7 Å². The van der Waals surface area contributed by atoms with Crippen LogP contribution in [0.5, 0.6) is 0 Å². The van der Waals surface area contributed by atoms with E-state index >= 15 is 0 Å². The van der Waals surface area contributed by atoms with Crippen molar-refractivity contribution in [2.75, 3.05) is 0 Å². The summed E-state index contributed by atoms with van der Waals surface area (Å²) in [5.41, 5.74) is 3.35. The molecule has 0 saturated carbocycles. The van der Waals surface area contributed by atoms with Crippen LogP contribution in [0.3, 0.4) is 0 Å². The maximum atomic E-state index is 12.2. The van der Waals surface area contributed by atoms with Crippen LogP contribution in [0.25, 0.3) is 16.6 Å². The number of hydrogen-bond donors (Lipinski definition) is 0. The van der Waals surface area contributed by atoms with Crippen LogP contribution in [0.15, 0.2) is 64.5 Å². The van der Waals surface area contributed by atoms with Crippen molar-refractivity contribution in [1.29, 1.82) is 0 Å². The molecule has 0 unspecified atom stereocenters. The SMILES string of the molecule is Cc1cc(SCc2cc(=O)n3cc(Cl)ccc3n2)nc2ccccc12. The maximum Gasteiger partial charge on any atom is 0.258 e. The van der Waals surface area contributed by atoms with Crippen molar-refractivity contribution >= 4 is 39.9 Å². The van der Waals surface area contributed by atoms with Gasteiger partial charge in [0.1, 0.15) is 5.65 Å². The third-order valence-electron chi connectivity index (χ3n) is 3.94. The number of halogens is 1. The van der Waals surface area contributed by atoms with Gasteiger partial charge in [-0.2, -0.15) is 0 Å². The molecule has 0 bridgehead atoms. The molecule has 0 fully saturated rings. The number of benzene rings is 1. The fraction of sp³-hybridized carbons (Fsp3) is 0.105. The minimum absolute atomic E-state index is 0.134. The summed E-state index contributed by atoms with van der Waals surface area (Å²) in [4.78, 5) is 21.4. The normalized spacial score (nSPS) is 11.3. The van der Waals surface area contributed by atoms with Gasteiger partial charge < -0.3 is 0 Å². The lowest BCUT2D eigenvalue weighted by atomic mass is 10.1. The highest BCUT2D eigenvalue weighted by molar-refractivity contribution is 7.98. The molecule has 0 aliphatic rings. The highest BCUT2D eigenvalue weighted by Crippen LogP contribution is 2.25. The van der Waals surface area contributed by atoms with Gasteiger partial charge >= 0.3 is 0 Å². The van der Waals surface area contributed by atoms with E-state index in [4.69, 9.17) is 11.6 Å². The monoisotopic (exact) mass is 367 g/mol. The summed E-state index contributed by atoms with van der Waals surface area (Å²) in [6.07, 6.45) is 1.58. The van der Waals surface area contributed by atoms with Crippen molar-refractivity contribution < 1.29 is 0 Å². The Balaban J connectivity index is 1.64. The number of nitrogens with zero attached hydrogens (tertiary/aromatic N) is 3. The molecule has 0 spiro atoms. The van der Waals surface area contributed by atoms with Gasteiger partial charge in [0.25, 0.3) is 5.56 Å². The molecule has 3 heterocycles. The lowest BCUT2D eigenvalue weighted by Gasteiger charge is -2.07. The number of para-hydroxylation sites is 1. The van der Waals surface area contributed by atoms with Crippen LogP contribution in [-0.4, -0.2) is 14.4 Å². The average Bonchev–Trinajstić information content (AvgIpc) is 2.61. The van der Waals surface area contributed by atoms with Crippen LogP contribution in [0, 0.1) is 6.92 Å². The van der Waals surface area contributed by atoms with Gasteiger partial charge in [-0.05, 0) is 36.8 Å². The molecule has 0 atom stereocenters. The van der Waals surface area contributed by atoms with Crippen LogP contribution < -0.4 is 5.56 Å². The first-order valence-corrected chi connectivity index (χ1v) is 9.13. The highest BCUT2D eigenvalue weighted by Gasteiger charge is 2.07. The van der Waals surface area contributed by atoms with Crippen LogP contribution in [0.1, 0.15) is 11.3 Å². The quantitative estimate of drug-likeness (QED) is 0.500. The Bertz CT molecular complexity index is 1160. The second kappa shape index (κ2) is 6.50. The van der Waals surface area contributed by atoms with E-state index in [1.165, 1.54) is 9.96 Å². The third kappa shape index (κ3) is 3.25. The molecule has 0 aliphatic carbocycles. The molecule has 3 aromatic heterocycles. The predicted molar refractivity (Wildman–Crippen MR) is 103 cm³/mol. The average molecular weight is 368 g/mol. The maximum absolute atomic E-state index is 12.2. The van der Waals surface area contributed by atoms with Crippen molar-refractivity contribution in [3.05, 3.63) is 81.4 Å². The smallest absolute Gasteiger partial charge is 0.258 e. The Kier molecular flexibility index (Phi) is 4.19. The van der Waals surface area contributed by atoms with Gasteiger partial charge in [0.05, 0.1) is 21.3 Å². The van der Waals surface area contributed by atoms with E-state index in [0.717, 1.165) is 21.6 Å². The Morgan fingerprint density at radius 1 is 1.12 bits per heavy atom. The summed E-state index contributed by atoms with van der Waals surface area (Å²) in [7, 11) is 0. The van der Waals surface area contributed by atoms with Gasteiger partial charge in [0, 0.05) is 23.4 Å². The number of aromatic nitrogens is 3. The van der Waals surface area contributed by atoms with Crippen molar-refractivity contribution in [2.24, 2.45) is 0 Å². The molecule has 0 N–H and O–H groups in total. The number of thioether (sulfide) groups is 1. The molecule has 0 aliphatic heterocycles. The number of rotatable bonds is 3. The molecule has 25 heavy (non-hydrogen) atoms. The Morgan fingerprint density at radius 3 is 2.84 bits per heavy atom. The Labute approximate surface area is 153 Å². The topological polar surface area (TPSA) is 47.3 Å². The van der Waals surface area contributed by atoms with Crippen LogP contribution in [0.2, 0.25) is 5.02 Å². The third-order valence-corrected chi connectivity index (χ3v) is 5.11. The van der Waals surface area contributed by atoms with Gasteiger partial charge in [0.15, 0.2) is 0 Å². The highest BCUT2D eigenvalue weighted by atomic mass is 35.5. The first-order valence-electron chi connectivity index (χ1n) is 7.77.